The number of benzene rings is 1. The predicted octanol–water partition coefficient (Wildman–Crippen LogP) is 2.77. The molecule has 21 heavy (non-hydrogen) atoms. The first-order chi connectivity index (χ1) is 10.2. The molecule has 1 aliphatic rings. The molecule has 0 bridgehead atoms. The number of carbonyl (C=O) groups is 1. The maximum absolute atomic E-state index is 12.0. The molecule has 1 fully saturated rings. The van der Waals surface area contributed by atoms with Gasteiger partial charge in [-0.1, -0.05) is 36.8 Å². The number of hydrogen-bond donors (Lipinski definition) is 2. The summed E-state index contributed by atoms with van der Waals surface area (Å²) in [5.74, 6) is 1.58. The van der Waals surface area contributed by atoms with Crippen LogP contribution in [0.15, 0.2) is 30.3 Å². The Balaban J connectivity index is 1.56. The van der Waals surface area contributed by atoms with E-state index in [0.29, 0.717) is 19.4 Å². The van der Waals surface area contributed by atoms with Gasteiger partial charge in [0.15, 0.2) is 0 Å². The lowest BCUT2D eigenvalue weighted by Gasteiger charge is -2.30. The molecule has 0 unspecified atom stereocenters. The fraction of sp³-hybridized carbons (Fsp3) is 0.588. The number of unbranched alkanes of at least 4 members (excludes halogenated alkanes) is 2. The Labute approximate surface area is 131 Å². The minimum Gasteiger partial charge on any atom is -0.380 e. The molecule has 2 rings (SSSR count). The average molecular weight is 307 g/mol. The summed E-state index contributed by atoms with van der Waals surface area (Å²) in [6, 6.07) is 10.5. The molecular weight excluding hydrogens is 282 g/mol. The van der Waals surface area contributed by atoms with E-state index in [2.05, 4.69) is 29.6 Å². The fourth-order valence-electron chi connectivity index (χ4n) is 2.58. The Morgan fingerprint density at radius 3 is 2.57 bits per heavy atom. The van der Waals surface area contributed by atoms with Crippen LogP contribution in [-0.4, -0.2) is 34.7 Å². The summed E-state index contributed by atoms with van der Waals surface area (Å²) in [5, 5.41) is 13.2. The quantitative estimate of drug-likeness (QED) is 0.762. The molecule has 1 aliphatic heterocycles. The van der Waals surface area contributed by atoms with Crippen LogP contribution < -0.4 is 5.32 Å². The fourth-order valence-corrected chi connectivity index (χ4v) is 3.75. The molecule has 1 amide bonds. The molecular formula is C17H25NO2S. The lowest BCUT2D eigenvalue weighted by atomic mass is 9.96. The first-order valence-corrected chi connectivity index (χ1v) is 8.98. The molecule has 0 aliphatic carbocycles. The van der Waals surface area contributed by atoms with Gasteiger partial charge < -0.3 is 10.4 Å². The number of aliphatic hydroxyl groups is 1. The maximum Gasteiger partial charge on any atom is 0.252 e. The van der Waals surface area contributed by atoms with Crippen LogP contribution in [0, 0.1) is 0 Å². The number of nitrogens with one attached hydrogen (secondary N) is 1. The lowest BCUT2D eigenvalue weighted by molar-refractivity contribution is -0.140. The maximum atomic E-state index is 12.0. The van der Waals surface area contributed by atoms with Gasteiger partial charge in [-0.15, -0.1) is 0 Å². The third kappa shape index (κ3) is 5.36. The first-order valence-electron chi connectivity index (χ1n) is 7.83. The highest BCUT2D eigenvalue weighted by atomic mass is 32.2. The second-order valence-corrected chi connectivity index (χ2v) is 6.92. The number of carbonyl (C=O) groups excluding carboxylic acids is 1. The molecule has 0 radical (unpaired) electrons. The Hall–Kier alpha value is -1.00. The average Bonchev–Trinajstić information content (AvgIpc) is 2.52. The second kappa shape index (κ2) is 8.44. The summed E-state index contributed by atoms with van der Waals surface area (Å²) in [7, 11) is 0. The van der Waals surface area contributed by atoms with Gasteiger partial charge in [-0.3, -0.25) is 4.79 Å². The number of rotatable bonds is 7. The zero-order chi connectivity index (χ0) is 15.0. The molecule has 0 atom stereocenters. The van der Waals surface area contributed by atoms with E-state index >= 15 is 0 Å². The van der Waals surface area contributed by atoms with Crippen LogP contribution >= 0.6 is 11.8 Å². The molecule has 3 nitrogen and oxygen atoms in total. The van der Waals surface area contributed by atoms with E-state index in [1.807, 2.05) is 17.8 Å². The van der Waals surface area contributed by atoms with Crippen molar-refractivity contribution < 1.29 is 9.90 Å². The molecule has 0 saturated carbocycles. The van der Waals surface area contributed by atoms with Crippen LogP contribution in [0.2, 0.25) is 0 Å². The monoisotopic (exact) mass is 307 g/mol. The van der Waals surface area contributed by atoms with Crippen molar-refractivity contribution in [2.45, 2.75) is 44.1 Å². The minimum absolute atomic E-state index is 0.175. The van der Waals surface area contributed by atoms with Gasteiger partial charge in [0, 0.05) is 6.54 Å². The van der Waals surface area contributed by atoms with Crippen molar-refractivity contribution in [2.75, 3.05) is 18.1 Å². The molecule has 1 heterocycles. The van der Waals surface area contributed by atoms with Crippen molar-refractivity contribution >= 4 is 17.7 Å². The van der Waals surface area contributed by atoms with E-state index < -0.39 is 5.60 Å². The highest BCUT2D eigenvalue weighted by Crippen LogP contribution is 2.26. The number of amides is 1. The van der Waals surface area contributed by atoms with E-state index in [9.17, 15) is 9.90 Å². The van der Waals surface area contributed by atoms with Crippen molar-refractivity contribution in [1.29, 1.82) is 0 Å². The molecule has 1 aromatic rings. The number of aryl methyl sites for hydroxylation is 1. The van der Waals surface area contributed by atoms with Crippen LogP contribution in [-0.2, 0) is 11.2 Å². The first kappa shape index (κ1) is 16.4. The smallest absolute Gasteiger partial charge is 0.252 e. The molecule has 116 valence electrons. The van der Waals surface area contributed by atoms with Crippen LogP contribution in [0.25, 0.3) is 0 Å². The van der Waals surface area contributed by atoms with Gasteiger partial charge in [0.1, 0.15) is 5.60 Å². The van der Waals surface area contributed by atoms with E-state index in [-0.39, 0.29) is 5.91 Å². The largest absolute Gasteiger partial charge is 0.380 e. The van der Waals surface area contributed by atoms with Gasteiger partial charge in [0.2, 0.25) is 0 Å². The third-order valence-corrected chi connectivity index (χ3v) is 5.00. The normalized spacial score (nSPS) is 17.4. The summed E-state index contributed by atoms with van der Waals surface area (Å²) in [5.41, 5.74) is 0.255. The van der Waals surface area contributed by atoms with Crippen molar-refractivity contribution in [3.05, 3.63) is 35.9 Å². The van der Waals surface area contributed by atoms with Gasteiger partial charge in [-0.05, 0) is 49.2 Å². The van der Waals surface area contributed by atoms with Crippen molar-refractivity contribution in [2.24, 2.45) is 0 Å². The van der Waals surface area contributed by atoms with Crippen LogP contribution in [0.1, 0.15) is 37.7 Å². The zero-order valence-corrected chi connectivity index (χ0v) is 13.3. The van der Waals surface area contributed by atoms with Gasteiger partial charge in [0.25, 0.3) is 5.91 Å². The Kier molecular flexibility index (Phi) is 6.58. The third-order valence-electron chi connectivity index (χ3n) is 4.01. The summed E-state index contributed by atoms with van der Waals surface area (Å²) < 4.78 is 0. The van der Waals surface area contributed by atoms with Crippen LogP contribution in [0.4, 0.5) is 0 Å². The molecule has 0 aromatic heterocycles. The molecule has 4 heteroatoms. The van der Waals surface area contributed by atoms with Gasteiger partial charge in [0.05, 0.1) is 0 Å². The van der Waals surface area contributed by atoms with Gasteiger partial charge in [-0.2, -0.15) is 11.8 Å². The number of hydrogen-bond acceptors (Lipinski definition) is 3. The SMILES string of the molecule is O=C(NCCCCCc1ccccc1)C1(O)CCSCC1. The van der Waals surface area contributed by atoms with Crippen molar-refractivity contribution in [3.63, 3.8) is 0 Å². The Morgan fingerprint density at radius 1 is 1.14 bits per heavy atom. The van der Waals surface area contributed by atoms with Crippen LogP contribution in [0.3, 0.4) is 0 Å². The molecule has 1 aromatic carbocycles. The summed E-state index contributed by atoms with van der Waals surface area (Å²) in [6.45, 7) is 0.670. The minimum atomic E-state index is -1.12. The predicted molar refractivity (Wildman–Crippen MR) is 88.5 cm³/mol. The highest BCUT2D eigenvalue weighted by Gasteiger charge is 2.36. The van der Waals surface area contributed by atoms with Gasteiger partial charge >= 0.3 is 0 Å². The van der Waals surface area contributed by atoms with Crippen LogP contribution in [0.5, 0.6) is 0 Å². The van der Waals surface area contributed by atoms with Crippen molar-refractivity contribution in [1.82, 2.24) is 5.32 Å². The standard InChI is InChI=1S/C17H25NO2S/c19-16(17(20)10-13-21-14-11-17)18-12-6-2-5-9-15-7-3-1-4-8-15/h1,3-4,7-8,20H,2,5-6,9-14H2,(H,18,19). The second-order valence-electron chi connectivity index (χ2n) is 5.70. The molecule has 1 saturated heterocycles. The highest BCUT2D eigenvalue weighted by molar-refractivity contribution is 7.99. The topological polar surface area (TPSA) is 49.3 Å². The van der Waals surface area contributed by atoms with E-state index in [4.69, 9.17) is 0 Å². The van der Waals surface area contributed by atoms with E-state index in [0.717, 1.165) is 37.2 Å². The van der Waals surface area contributed by atoms with E-state index in [1.165, 1.54) is 5.56 Å². The Morgan fingerprint density at radius 2 is 1.86 bits per heavy atom. The number of thioether (sulfide) groups is 1. The van der Waals surface area contributed by atoms with Crippen molar-refractivity contribution in [3.8, 4) is 0 Å². The molecule has 2 N–H and O–H groups in total. The summed E-state index contributed by atoms with van der Waals surface area (Å²) in [4.78, 5) is 12.0. The summed E-state index contributed by atoms with van der Waals surface area (Å²) in [6.07, 6.45) is 5.47. The summed E-state index contributed by atoms with van der Waals surface area (Å²) >= 11 is 1.81. The lowest BCUT2D eigenvalue weighted by Crippen LogP contribution is -2.49. The van der Waals surface area contributed by atoms with Gasteiger partial charge in [-0.25, -0.2) is 0 Å². The van der Waals surface area contributed by atoms with E-state index in [1.54, 1.807) is 0 Å². The zero-order valence-electron chi connectivity index (χ0n) is 12.5. The Bertz CT molecular complexity index is 430. The molecule has 0 spiro atoms.